The zero-order valence-electron chi connectivity index (χ0n) is 29.8. The highest BCUT2D eigenvalue weighted by atomic mass is 32.1. The van der Waals surface area contributed by atoms with E-state index in [-0.39, 0.29) is 0 Å². The first-order valence-electron chi connectivity index (χ1n) is 18.8. The van der Waals surface area contributed by atoms with Gasteiger partial charge in [0, 0.05) is 48.4 Å². The van der Waals surface area contributed by atoms with Gasteiger partial charge in [0.15, 0.2) is 0 Å². The molecule has 12 aromatic rings. The largest absolute Gasteiger partial charge is 0.309 e. The first-order valence-corrected chi connectivity index (χ1v) is 19.7. The van der Waals surface area contributed by atoms with Crippen molar-refractivity contribution in [3.63, 3.8) is 0 Å². The maximum atomic E-state index is 2.47. The molecule has 9 aromatic carbocycles. The van der Waals surface area contributed by atoms with Crippen LogP contribution in [-0.2, 0) is 0 Å². The van der Waals surface area contributed by atoms with Crippen molar-refractivity contribution in [2.75, 3.05) is 0 Å². The van der Waals surface area contributed by atoms with Crippen molar-refractivity contribution in [1.82, 2.24) is 9.13 Å². The lowest BCUT2D eigenvalue weighted by Crippen LogP contribution is -1.94. The molecule has 2 nitrogen and oxygen atoms in total. The molecule has 55 heavy (non-hydrogen) atoms. The minimum Gasteiger partial charge on any atom is -0.309 e. The molecule has 3 heteroatoms. The molecule has 0 bridgehead atoms. The number of hydrogen-bond donors (Lipinski definition) is 0. The highest BCUT2D eigenvalue weighted by Gasteiger charge is 2.19. The van der Waals surface area contributed by atoms with Gasteiger partial charge in [0.2, 0.25) is 0 Å². The molecule has 0 spiro atoms. The van der Waals surface area contributed by atoms with E-state index < -0.39 is 0 Å². The van der Waals surface area contributed by atoms with Crippen LogP contribution in [-0.4, -0.2) is 9.13 Å². The fraction of sp³-hybridized carbons (Fsp3) is 0. The molecule has 0 aliphatic carbocycles. The predicted octanol–water partition coefficient (Wildman–Crippen LogP) is 14.7. The van der Waals surface area contributed by atoms with E-state index in [1.54, 1.807) is 0 Å². The third-order valence-electron chi connectivity index (χ3n) is 11.5. The van der Waals surface area contributed by atoms with Crippen molar-refractivity contribution < 1.29 is 0 Å². The van der Waals surface area contributed by atoms with Crippen LogP contribution >= 0.6 is 11.3 Å². The third-order valence-corrected chi connectivity index (χ3v) is 12.7. The second-order valence-corrected chi connectivity index (χ2v) is 15.6. The lowest BCUT2D eigenvalue weighted by molar-refractivity contribution is 1.18. The minimum absolute atomic E-state index is 1.16. The molecule has 0 amide bonds. The van der Waals surface area contributed by atoms with E-state index >= 15 is 0 Å². The Morgan fingerprint density at radius 2 is 0.873 bits per heavy atom. The van der Waals surface area contributed by atoms with Gasteiger partial charge >= 0.3 is 0 Å². The molecule has 0 saturated heterocycles. The van der Waals surface area contributed by atoms with Crippen molar-refractivity contribution in [3.05, 3.63) is 194 Å². The zero-order valence-corrected chi connectivity index (χ0v) is 30.6. The molecule has 0 aliphatic heterocycles. The third kappa shape index (κ3) is 4.60. The van der Waals surface area contributed by atoms with Crippen LogP contribution in [0.1, 0.15) is 0 Å². The van der Waals surface area contributed by atoms with Gasteiger partial charge < -0.3 is 9.13 Å². The monoisotopic (exact) mass is 716 g/mol. The minimum atomic E-state index is 1.16. The Morgan fingerprint density at radius 3 is 1.69 bits per heavy atom. The Morgan fingerprint density at radius 1 is 0.309 bits per heavy atom. The zero-order chi connectivity index (χ0) is 36.0. The Hall–Kier alpha value is -6.94. The highest BCUT2D eigenvalue weighted by Crippen LogP contribution is 2.44. The van der Waals surface area contributed by atoms with Crippen LogP contribution in [0.2, 0.25) is 0 Å². The molecule has 0 fully saturated rings. The normalized spacial score (nSPS) is 12.0. The summed E-state index contributed by atoms with van der Waals surface area (Å²) in [7, 11) is 0. The van der Waals surface area contributed by atoms with E-state index in [1.807, 2.05) is 11.3 Å². The number of aromatic nitrogens is 2. The Balaban J connectivity index is 1.01. The van der Waals surface area contributed by atoms with Crippen molar-refractivity contribution in [2.45, 2.75) is 0 Å². The molecule has 0 radical (unpaired) electrons. The van der Waals surface area contributed by atoms with E-state index in [2.05, 4.69) is 203 Å². The summed E-state index contributed by atoms with van der Waals surface area (Å²) in [6, 6.07) is 71.4. The summed E-state index contributed by atoms with van der Waals surface area (Å²) in [6.45, 7) is 0. The maximum absolute atomic E-state index is 2.47. The van der Waals surface area contributed by atoms with Crippen LogP contribution in [0.3, 0.4) is 0 Å². The number of thiophene rings is 1. The van der Waals surface area contributed by atoms with Crippen molar-refractivity contribution in [3.8, 4) is 33.6 Å². The fourth-order valence-corrected chi connectivity index (χ4v) is 10.1. The van der Waals surface area contributed by atoms with Gasteiger partial charge in [-0.15, -0.1) is 11.3 Å². The summed E-state index contributed by atoms with van der Waals surface area (Å²) in [6.07, 6.45) is 0. The van der Waals surface area contributed by atoms with Crippen molar-refractivity contribution in [2.24, 2.45) is 0 Å². The van der Waals surface area contributed by atoms with Gasteiger partial charge in [-0.05, 0) is 99.8 Å². The molecule has 0 saturated carbocycles. The highest BCUT2D eigenvalue weighted by molar-refractivity contribution is 7.26. The number of fused-ring (bicyclic) bond motifs is 11. The van der Waals surface area contributed by atoms with E-state index in [0.29, 0.717) is 0 Å². The molecular formula is C52H32N2S. The van der Waals surface area contributed by atoms with Crippen LogP contribution in [0.15, 0.2) is 194 Å². The molecule has 0 N–H and O–H groups in total. The average molecular weight is 717 g/mol. The number of hydrogen-bond acceptors (Lipinski definition) is 1. The van der Waals surface area contributed by atoms with Gasteiger partial charge in [-0.3, -0.25) is 0 Å². The second-order valence-electron chi connectivity index (χ2n) is 14.5. The molecule has 3 heterocycles. The van der Waals surface area contributed by atoms with Crippen molar-refractivity contribution in [1.29, 1.82) is 0 Å². The molecule has 3 aromatic heterocycles. The second kappa shape index (κ2) is 11.8. The molecular weight excluding hydrogens is 685 g/mol. The van der Waals surface area contributed by atoms with E-state index in [0.717, 1.165) is 5.69 Å². The fourth-order valence-electron chi connectivity index (χ4n) is 8.91. The number of para-hydroxylation sites is 2. The predicted molar refractivity (Wildman–Crippen MR) is 236 cm³/mol. The number of nitrogens with zero attached hydrogens (tertiary/aromatic N) is 2. The van der Waals surface area contributed by atoms with Crippen LogP contribution in [0, 0.1) is 0 Å². The summed E-state index contributed by atoms with van der Waals surface area (Å²) in [5, 5.41) is 10.2. The first-order chi connectivity index (χ1) is 27.3. The van der Waals surface area contributed by atoms with Gasteiger partial charge in [-0.1, -0.05) is 127 Å². The van der Waals surface area contributed by atoms with Crippen LogP contribution in [0.5, 0.6) is 0 Å². The summed E-state index contributed by atoms with van der Waals surface area (Å²) in [5.74, 6) is 0. The molecule has 256 valence electrons. The maximum Gasteiger partial charge on any atom is 0.0719 e. The smallest absolute Gasteiger partial charge is 0.0719 e. The van der Waals surface area contributed by atoms with Crippen LogP contribution < -0.4 is 0 Å². The number of benzene rings is 9. The van der Waals surface area contributed by atoms with Gasteiger partial charge in [-0.2, -0.15) is 0 Å². The quantitative estimate of drug-likeness (QED) is 0.172. The van der Waals surface area contributed by atoms with Gasteiger partial charge in [-0.25, -0.2) is 0 Å². The average Bonchev–Trinajstić information content (AvgIpc) is 3.91. The molecule has 0 unspecified atom stereocenters. The van der Waals surface area contributed by atoms with E-state index in [4.69, 9.17) is 0 Å². The topological polar surface area (TPSA) is 9.86 Å². The van der Waals surface area contributed by atoms with Crippen molar-refractivity contribution >= 4 is 85.9 Å². The van der Waals surface area contributed by atoms with Crippen LogP contribution in [0.25, 0.3) is 108 Å². The Bertz CT molecular complexity index is 3470. The summed E-state index contributed by atoms with van der Waals surface area (Å²) < 4.78 is 7.53. The summed E-state index contributed by atoms with van der Waals surface area (Å²) >= 11 is 1.90. The Kier molecular flexibility index (Phi) is 6.54. The number of rotatable bonds is 4. The van der Waals surface area contributed by atoms with E-state index in [9.17, 15) is 0 Å². The summed E-state index contributed by atoms with van der Waals surface area (Å²) in [4.78, 5) is 0. The molecule has 0 atom stereocenters. The molecule has 12 rings (SSSR count). The lowest BCUT2D eigenvalue weighted by Gasteiger charge is -2.11. The van der Waals surface area contributed by atoms with E-state index in [1.165, 1.54) is 102 Å². The molecule has 0 aliphatic rings. The lowest BCUT2D eigenvalue weighted by atomic mass is 10.00. The Labute approximate surface area is 321 Å². The van der Waals surface area contributed by atoms with Gasteiger partial charge in [0.1, 0.15) is 0 Å². The standard InChI is InChI=1S/C52H32N2S/c1-2-12-39(13-3-1)54-49-29-23-38(32-46(49)43-26-27-44-42-15-7-9-17-50(42)55-52(44)51(43)54)37-22-28-48-45(31-37)41-14-6-8-16-47(41)53(48)40-24-20-34(21-25-40)36-19-18-33-10-4-5-11-35(33)30-36/h1-32H. The SMILES string of the molecule is c1ccc(-n2c3ccc(-c4ccc5c(c4)c4ccccc4n5-c4ccc(-c5ccc6ccccc6c5)cc4)cc3c3ccc4c5ccccc5sc4c32)cc1. The van der Waals surface area contributed by atoms with Gasteiger partial charge in [0.25, 0.3) is 0 Å². The van der Waals surface area contributed by atoms with Crippen LogP contribution in [0.4, 0.5) is 0 Å². The van der Waals surface area contributed by atoms with Gasteiger partial charge in [0.05, 0.1) is 26.8 Å². The summed E-state index contributed by atoms with van der Waals surface area (Å²) in [5.41, 5.74) is 12.1. The first kappa shape index (κ1) is 30.5.